The van der Waals surface area contributed by atoms with Crippen LogP contribution in [0.3, 0.4) is 0 Å². The Balaban J connectivity index is 2.07. The van der Waals surface area contributed by atoms with Crippen LogP contribution in [0.5, 0.6) is 5.75 Å². The van der Waals surface area contributed by atoms with E-state index in [0.717, 1.165) is 30.6 Å². The van der Waals surface area contributed by atoms with Crippen molar-refractivity contribution >= 4 is 5.97 Å². The highest BCUT2D eigenvalue weighted by molar-refractivity contribution is 5.75. The van der Waals surface area contributed by atoms with E-state index >= 15 is 0 Å². The maximum Gasteiger partial charge on any atom is 0.325 e. The number of nitrogens with one attached hydrogen (secondary N) is 1. The minimum Gasteiger partial charge on any atom is -0.494 e. The normalized spacial score (nSPS) is 17.4. The van der Waals surface area contributed by atoms with E-state index in [1.54, 1.807) is 0 Å². The molecule has 0 bridgehead atoms. The van der Waals surface area contributed by atoms with E-state index in [2.05, 4.69) is 12.2 Å². The van der Waals surface area contributed by atoms with Crippen LogP contribution in [0.4, 0.5) is 0 Å². The van der Waals surface area contributed by atoms with Crippen molar-refractivity contribution in [3.8, 4) is 5.75 Å². The van der Waals surface area contributed by atoms with Crippen LogP contribution in [0.15, 0.2) is 24.3 Å². The fourth-order valence-electron chi connectivity index (χ4n) is 2.82. The molecule has 1 aliphatic rings. The lowest BCUT2D eigenvalue weighted by Gasteiger charge is -2.26. The summed E-state index contributed by atoms with van der Waals surface area (Å²) in [6, 6.07) is 7.08. The quantitative estimate of drug-likeness (QED) is 0.807. The smallest absolute Gasteiger partial charge is 0.325 e. The van der Waals surface area contributed by atoms with E-state index < -0.39 is 12.0 Å². The predicted molar refractivity (Wildman–Crippen MR) is 82.6 cm³/mol. The maximum atomic E-state index is 11.6. The van der Waals surface area contributed by atoms with E-state index in [1.807, 2.05) is 24.3 Å². The molecular weight excluding hydrogens is 266 g/mol. The first-order valence-electron chi connectivity index (χ1n) is 7.92. The van der Waals surface area contributed by atoms with Crippen LogP contribution in [0.25, 0.3) is 0 Å². The number of carboxylic acid groups (broad SMARTS) is 1. The SMILES string of the molecule is CCCOc1cccc(C(NC2CCCCC2)C(=O)O)c1. The van der Waals surface area contributed by atoms with E-state index in [1.165, 1.54) is 19.3 Å². The van der Waals surface area contributed by atoms with Gasteiger partial charge in [0.05, 0.1) is 6.61 Å². The predicted octanol–water partition coefficient (Wildman–Crippen LogP) is 3.52. The maximum absolute atomic E-state index is 11.6. The topological polar surface area (TPSA) is 58.6 Å². The highest BCUT2D eigenvalue weighted by Gasteiger charge is 2.24. The Kier molecular flexibility index (Phi) is 6.05. The summed E-state index contributed by atoms with van der Waals surface area (Å²) in [6.07, 6.45) is 6.70. The Bertz CT molecular complexity index is 455. The molecule has 0 amide bonds. The molecule has 116 valence electrons. The van der Waals surface area contributed by atoms with Gasteiger partial charge in [-0.25, -0.2) is 0 Å². The van der Waals surface area contributed by atoms with Crippen molar-refractivity contribution in [1.82, 2.24) is 5.32 Å². The van der Waals surface area contributed by atoms with Gasteiger partial charge in [0.2, 0.25) is 0 Å². The van der Waals surface area contributed by atoms with Gasteiger partial charge in [-0.1, -0.05) is 38.3 Å². The van der Waals surface area contributed by atoms with Crippen molar-refractivity contribution in [3.63, 3.8) is 0 Å². The third kappa shape index (κ3) is 4.74. The molecule has 1 aromatic rings. The van der Waals surface area contributed by atoms with Gasteiger partial charge in [-0.2, -0.15) is 0 Å². The number of hydrogen-bond acceptors (Lipinski definition) is 3. The molecule has 1 aromatic carbocycles. The second-order valence-electron chi connectivity index (χ2n) is 5.69. The fraction of sp³-hybridized carbons (Fsp3) is 0.588. The number of hydrogen-bond donors (Lipinski definition) is 2. The second kappa shape index (κ2) is 8.03. The Morgan fingerprint density at radius 3 is 2.81 bits per heavy atom. The van der Waals surface area contributed by atoms with Gasteiger partial charge < -0.3 is 9.84 Å². The van der Waals surface area contributed by atoms with Crippen molar-refractivity contribution in [2.24, 2.45) is 0 Å². The lowest BCUT2D eigenvalue weighted by Crippen LogP contribution is -2.38. The van der Waals surface area contributed by atoms with Crippen LogP contribution >= 0.6 is 0 Å². The second-order valence-corrected chi connectivity index (χ2v) is 5.69. The van der Waals surface area contributed by atoms with Crippen molar-refractivity contribution in [3.05, 3.63) is 29.8 Å². The zero-order valence-corrected chi connectivity index (χ0v) is 12.7. The molecule has 1 unspecified atom stereocenters. The molecule has 2 rings (SSSR count). The molecule has 2 N–H and O–H groups in total. The van der Waals surface area contributed by atoms with Crippen LogP contribution in [0.2, 0.25) is 0 Å². The van der Waals surface area contributed by atoms with Crippen LogP contribution in [-0.2, 0) is 4.79 Å². The Morgan fingerprint density at radius 2 is 2.14 bits per heavy atom. The number of carbonyl (C=O) groups is 1. The first kappa shape index (κ1) is 15.8. The lowest BCUT2D eigenvalue weighted by atomic mass is 9.94. The number of carboxylic acids is 1. The average Bonchev–Trinajstić information content (AvgIpc) is 2.51. The van der Waals surface area contributed by atoms with Gasteiger partial charge in [0.25, 0.3) is 0 Å². The molecule has 0 spiro atoms. The summed E-state index contributed by atoms with van der Waals surface area (Å²) in [5, 5.41) is 12.8. The highest BCUT2D eigenvalue weighted by Crippen LogP contribution is 2.24. The van der Waals surface area contributed by atoms with E-state index in [-0.39, 0.29) is 0 Å². The molecule has 0 radical (unpaired) electrons. The molecule has 0 heterocycles. The van der Waals surface area contributed by atoms with Gasteiger partial charge in [0.15, 0.2) is 0 Å². The number of rotatable bonds is 7. The molecule has 21 heavy (non-hydrogen) atoms. The van der Waals surface area contributed by atoms with Crippen LogP contribution in [-0.4, -0.2) is 23.7 Å². The van der Waals surface area contributed by atoms with Gasteiger partial charge in [0.1, 0.15) is 11.8 Å². The van der Waals surface area contributed by atoms with Crippen LogP contribution < -0.4 is 10.1 Å². The van der Waals surface area contributed by atoms with E-state index in [4.69, 9.17) is 4.74 Å². The molecule has 4 nitrogen and oxygen atoms in total. The Morgan fingerprint density at radius 1 is 1.38 bits per heavy atom. The summed E-state index contributed by atoms with van der Waals surface area (Å²) in [5.41, 5.74) is 0.765. The molecule has 0 aromatic heterocycles. The summed E-state index contributed by atoms with van der Waals surface area (Å²) in [4.78, 5) is 11.6. The van der Waals surface area contributed by atoms with Gasteiger partial charge >= 0.3 is 5.97 Å². The summed E-state index contributed by atoms with van der Waals surface area (Å²) in [5.74, 6) is -0.0840. The summed E-state index contributed by atoms with van der Waals surface area (Å²) in [6.45, 7) is 2.70. The van der Waals surface area contributed by atoms with E-state index in [0.29, 0.717) is 12.6 Å². The first-order valence-corrected chi connectivity index (χ1v) is 7.92. The zero-order chi connectivity index (χ0) is 15.1. The summed E-state index contributed by atoms with van der Waals surface area (Å²) < 4.78 is 5.59. The monoisotopic (exact) mass is 291 g/mol. The number of ether oxygens (including phenoxy) is 1. The van der Waals surface area contributed by atoms with Crippen molar-refractivity contribution in [1.29, 1.82) is 0 Å². The Labute approximate surface area is 126 Å². The highest BCUT2D eigenvalue weighted by atomic mass is 16.5. The van der Waals surface area contributed by atoms with Crippen LogP contribution in [0.1, 0.15) is 57.1 Å². The molecule has 1 fully saturated rings. The van der Waals surface area contributed by atoms with Gasteiger partial charge in [0, 0.05) is 6.04 Å². The third-order valence-corrected chi connectivity index (χ3v) is 3.92. The zero-order valence-electron chi connectivity index (χ0n) is 12.7. The average molecular weight is 291 g/mol. The molecule has 1 aliphatic carbocycles. The Hall–Kier alpha value is -1.55. The van der Waals surface area contributed by atoms with Crippen molar-refractivity contribution < 1.29 is 14.6 Å². The molecule has 0 aliphatic heterocycles. The van der Waals surface area contributed by atoms with Crippen molar-refractivity contribution in [2.75, 3.05) is 6.61 Å². The van der Waals surface area contributed by atoms with Gasteiger partial charge in [-0.15, -0.1) is 0 Å². The fourth-order valence-corrected chi connectivity index (χ4v) is 2.82. The summed E-state index contributed by atoms with van der Waals surface area (Å²) in [7, 11) is 0. The first-order chi connectivity index (χ1) is 10.2. The standard InChI is InChI=1S/C17H25NO3/c1-2-11-21-15-10-6-7-13(12-15)16(17(19)20)18-14-8-4-3-5-9-14/h6-7,10,12,14,16,18H,2-5,8-9,11H2,1H3,(H,19,20). The minimum absolute atomic E-state index is 0.306. The van der Waals surface area contributed by atoms with Gasteiger partial charge in [-0.3, -0.25) is 10.1 Å². The molecule has 1 atom stereocenters. The molecular formula is C17H25NO3. The van der Waals surface area contributed by atoms with Crippen molar-refractivity contribution in [2.45, 2.75) is 57.5 Å². The van der Waals surface area contributed by atoms with Gasteiger partial charge in [-0.05, 0) is 37.0 Å². The van der Waals surface area contributed by atoms with E-state index in [9.17, 15) is 9.90 Å². The number of aliphatic carboxylic acids is 1. The third-order valence-electron chi connectivity index (χ3n) is 3.92. The number of benzene rings is 1. The summed E-state index contributed by atoms with van der Waals surface area (Å²) >= 11 is 0. The lowest BCUT2D eigenvalue weighted by molar-refractivity contribution is -0.140. The minimum atomic E-state index is -0.826. The molecule has 4 heteroatoms. The molecule has 1 saturated carbocycles. The molecule has 0 saturated heterocycles. The largest absolute Gasteiger partial charge is 0.494 e. The van der Waals surface area contributed by atoms with Crippen LogP contribution in [0, 0.1) is 0 Å².